The van der Waals surface area contributed by atoms with Crippen molar-refractivity contribution in [3.63, 3.8) is 0 Å². The Balaban J connectivity index is 1.86. The van der Waals surface area contributed by atoms with E-state index >= 15 is 0 Å². The van der Waals surface area contributed by atoms with Crippen LogP contribution in [-0.2, 0) is 14.3 Å². The molecule has 2 aromatic carbocycles. The Bertz CT molecular complexity index is 795. The number of amides is 2. The molecule has 2 rings (SSSR count). The average molecular weight is 399 g/mol. The zero-order valence-corrected chi connectivity index (χ0v) is 17.0. The van der Waals surface area contributed by atoms with Gasteiger partial charge in [0.15, 0.2) is 0 Å². The van der Waals surface area contributed by atoms with Crippen molar-refractivity contribution < 1.29 is 19.1 Å². The molecule has 0 saturated carbocycles. The summed E-state index contributed by atoms with van der Waals surface area (Å²) in [5, 5.41) is 8.73. The van der Waals surface area contributed by atoms with Crippen LogP contribution in [0.1, 0.15) is 26.7 Å². The van der Waals surface area contributed by atoms with E-state index in [1.165, 1.54) is 0 Å². The molecule has 3 N–H and O–H groups in total. The van der Waals surface area contributed by atoms with Gasteiger partial charge in [0.05, 0.1) is 18.8 Å². The second-order valence-electron chi connectivity index (χ2n) is 6.32. The third kappa shape index (κ3) is 8.23. The Labute approximate surface area is 171 Å². The summed E-state index contributed by atoms with van der Waals surface area (Å²) in [6.45, 7) is 5.56. The molecule has 7 nitrogen and oxygen atoms in total. The molecule has 0 spiro atoms. The molecular weight excluding hydrogens is 370 g/mol. The minimum atomic E-state index is -0.203. The van der Waals surface area contributed by atoms with E-state index in [0.717, 1.165) is 12.1 Å². The summed E-state index contributed by atoms with van der Waals surface area (Å²) in [6.07, 6.45) is 1.25. The molecule has 0 atom stereocenters. The maximum absolute atomic E-state index is 12.3. The maximum Gasteiger partial charge on any atom is 0.243 e. The van der Waals surface area contributed by atoms with E-state index in [9.17, 15) is 9.59 Å². The largest absolute Gasteiger partial charge is 0.489 e. The van der Waals surface area contributed by atoms with Gasteiger partial charge < -0.3 is 25.4 Å². The van der Waals surface area contributed by atoms with E-state index in [0.29, 0.717) is 43.4 Å². The molecule has 0 aromatic heterocycles. The smallest absolute Gasteiger partial charge is 0.243 e. The highest BCUT2D eigenvalue weighted by Crippen LogP contribution is 2.23. The van der Waals surface area contributed by atoms with E-state index in [1.54, 1.807) is 24.3 Å². The van der Waals surface area contributed by atoms with Crippen molar-refractivity contribution in [2.45, 2.75) is 26.7 Å². The molecule has 0 heterocycles. The van der Waals surface area contributed by atoms with Crippen molar-refractivity contribution in [1.29, 1.82) is 0 Å². The van der Waals surface area contributed by atoms with E-state index in [1.807, 2.05) is 38.1 Å². The van der Waals surface area contributed by atoms with Crippen molar-refractivity contribution in [3.05, 3.63) is 48.5 Å². The third-order valence-corrected chi connectivity index (χ3v) is 3.92. The number of carbonyl (C=O) groups excluding carboxylic acids is 2. The molecule has 0 fully saturated rings. The molecule has 0 aliphatic heterocycles. The fraction of sp³-hybridized carbons (Fsp3) is 0.364. The van der Waals surface area contributed by atoms with Crippen LogP contribution >= 0.6 is 0 Å². The van der Waals surface area contributed by atoms with Gasteiger partial charge in [-0.15, -0.1) is 0 Å². The Morgan fingerprint density at radius 2 is 1.62 bits per heavy atom. The average Bonchev–Trinajstić information content (AvgIpc) is 2.71. The van der Waals surface area contributed by atoms with Crippen molar-refractivity contribution >= 4 is 28.9 Å². The third-order valence-electron chi connectivity index (χ3n) is 3.92. The zero-order chi connectivity index (χ0) is 20.9. The number of anilines is 3. The Morgan fingerprint density at radius 1 is 0.897 bits per heavy atom. The fourth-order valence-corrected chi connectivity index (χ4v) is 2.60. The van der Waals surface area contributed by atoms with Gasteiger partial charge in [-0.3, -0.25) is 9.59 Å². The molecule has 7 heteroatoms. The second-order valence-corrected chi connectivity index (χ2v) is 6.32. The van der Waals surface area contributed by atoms with Crippen LogP contribution in [0.15, 0.2) is 48.5 Å². The van der Waals surface area contributed by atoms with Crippen LogP contribution in [0.25, 0.3) is 0 Å². The van der Waals surface area contributed by atoms with Crippen LogP contribution in [0.4, 0.5) is 17.1 Å². The molecular formula is C22H29N3O4. The lowest BCUT2D eigenvalue weighted by molar-refractivity contribution is -0.116. The summed E-state index contributed by atoms with van der Waals surface area (Å²) >= 11 is 0. The lowest BCUT2D eigenvalue weighted by Crippen LogP contribution is -2.22. The molecule has 0 radical (unpaired) electrons. The van der Waals surface area contributed by atoms with E-state index in [2.05, 4.69) is 16.0 Å². The van der Waals surface area contributed by atoms with Gasteiger partial charge >= 0.3 is 0 Å². The fourth-order valence-electron chi connectivity index (χ4n) is 2.60. The van der Waals surface area contributed by atoms with Crippen LogP contribution in [0, 0.1) is 0 Å². The second kappa shape index (κ2) is 12.4. The van der Waals surface area contributed by atoms with Crippen LogP contribution in [0.3, 0.4) is 0 Å². The Kier molecular flexibility index (Phi) is 9.51. The number of benzene rings is 2. The van der Waals surface area contributed by atoms with Gasteiger partial charge in [0.1, 0.15) is 12.4 Å². The molecule has 0 bridgehead atoms. The Hall–Kier alpha value is -3.06. The van der Waals surface area contributed by atoms with E-state index in [4.69, 9.17) is 9.47 Å². The first-order valence-corrected chi connectivity index (χ1v) is 9.85. The quantitative estimate of drug-likeness (QED) is 0.471. The highest BCUT2D eigenvalue weighted by Gasteiger charge is 2.07. The zero-order valence-electron chi connectivity index (χ0n) is 17.0. The van der Waals surface area contributed by atoms with Crippen LogP contribution in [0.2, 0.25) is 0 Å². The number of hydrogen-bond acceptors (Lipinski definition) is 5. The topological polar surface area (TPSA) is 88.7 Å². The van der Waals surface area contributed by atoms with Crippen LogP contribution < -0.4 is 20.7 Å². The predicted octanol–water partition coefficient (Wildman–Crippen LogP) is 3.89. The van der Waals surface area contributed by atoms with Crippen LogP contribution in [-0.4, -0.2) is 38.2 Å². The van der Waals surface area contributed by atoms with Crippen molar-refractivity contribution in [3.8, 4) is 5.75 Å². The number of rotatable bonds is 12. The minimum Gasteiger partial charge on any atom is -0.489 e. The molecule has 0 saturated heterocycles. The standard InChI is InChI=1S/C22H29N3O4/c1-3-8-21(26)24-17-9-7-10-18(15-17)25-22(27)16-23-19-11-5-6-12-20(19)29-14-13-28-4-2/h5-7,9-12,15,23H,3-4,8,13-14,16H2,1-2H3,(H,24,26)(H,25,27). The monoisotopic (exact) mass is 399 g/mol. The lowest BCUT2D eigenvalue weighted by atomic mass is 10.2. The SMILES string of the molecule is CCCC(=O)Nc1cccc(NC(=O)CNc2ccccc2OCCOCC)c1. The lowest BCUT2D eigenvalue weighted by Gasteiger charge is -2.13. The first-order valence-electron chi connectivity index (χ1n) is 9.85. The van der Waals surface area contributed by atoms with Crippen LogP contribution in [0.5, 0.6) is 5.75 Å². The van der Waals surface area contributed by atoms with Crippen molar-refractivity contribution in [2.24, 2.45) is 0 Å². The summed E-state index contributed by atoms with van der Waals surface area (Å²) in [5.74, 6) is 0.422. The van der Waals surface area contributed by atoms with Gasteiger partial charge in [-0.05, 0) is 43.7 Å². The van der Waals surface area contributed by atoms with Gasteiger partial charge in [-0.1, -0.05) is 25.1 Å². The Morgan fingerprint density at radius 3 is 2.34 bits per heavy atom. The molecule has 0 aliphatic carbocycles. The van der Waals surface area contributed by atoms with E-state index in [-0.39, 0.29) is 18.4 Å². The molecule has 2 aromatic rings. The number of hydrogen-bond donors (Lipinski definition) is 3. The summed E-state index contributed by atoms with van der Waals surface area (Å²) in [7, 11) is 0. The highest BCUT2D eigenvalue weighted by atomic mass is 16.5. The number of para-hydroxylation sites is 2. The number of carbonyl (C=O) groups is 2. The summed E-state index contributed by atoms with van der Waals surface area (Å²) in [4.78, 5) is 24.0. The molecule has 0 unspecified atom stereocenters. The highest BCUT2D eigenvalue weighted by molar-refractivity contribution is 5.95. The minimum absolute atomic E-state index is 0.0430. The van der Waals surface area contributed by atoms with Gasteiger partial charge in [0.2, 0.25) is 11.8 Å². The summed E-state index contributed by atoms with van der Waals surface area (Å²) in [6, 6.07) is 14.5. The van der Waals surface area contributed by atoms with Gasteiger partial charge in [-0.2, -0.15) is 0 Å². The van der Waals surface area contributed by atoms with Crippen molar-refractivity contribution in [1.82, 2.24) is 0 Å². The van der Waals surface area contributed by atoms with E-state index < -0.39 is 0 Å². The predicted molar refractivity (Wildman–Crippen MR) is 116 cm³/mol. The summed E-state index contributed by atoms with van der Waals surface area (Å²) < 4.78 is 11.0. The van der Waals surface area contributed by atoms with Gasteiger partial charge in [-0.25, -0.2) is 0 Å². The molecule has 2 amide bonds. The maximum atomic E-state index is 12.3. The van der Waals surface area contributed by atoms with Crippen molar-refractivity contribution in [2.75, 3.05) is 42.3 Å². The first kappa shape index (κ1) is 22.2. The number of ether oxygens (including phenoxy) is 2. The summed E-state index contributed by atoms with van der Waals surface area (Å²) in [5.41, 5.74) is 2.01. The van der Waals surface area contributed by atoms with Gasteiger partial charge in [0, 0.05) is 24.4 Å². The van der Waals surface area contributed by atoms with Gasteiger partial charge in [0.25, 0.3) is 0 Å². The molecule has 156 valence electrons. The molecule has 29 heavy (non-hydrogen) atoms. The normalized spacial score (nSPS) is 10.3. The number of nitrogens with one attached hydrogen (secondary N) is 3. The molecule has 0 aliphatic rings. The first-order chi connectivity index (χ1) is 14.1.